The summed E-state index contributed by atoms with van der Waals surface area (Å²) < 4.78 is 10.9. The zero-order valence-electron chi connectivity index (χ0n) is 15.6. The largest absolute Gasteiger partial charge is 0.497 e. The molecule has 3 heterocycles. The zero-order valence-corrected chi connectivity index (χ0v) is 16.5. The summed E-state index contributed by atoms with van der Waals surface area (Å²) in [6, 6.07) is 11.3. The molecule has 0 bridgehead atoms. The van der Waals surface area contributed by atoms with Gasteiger partial charge in [0.1, 0.15) is 11.9 Å². The molecular formula is C21H22N2O4S. The van der Waals surface area contributed by atoms with E-state index in [1.54, 1.807) is 23.3 Å². The second-order valence-electron chi connectivity index (χ2n) is 6.85. The van der Waals surface area contributed by atoms with Crippen LogP contribution in [-0.2, 0) is 22.6 Å². The summed E-state index contributed by atoms with van der Waals surface area (Å²) in [5, 5.41) is 2.86. The van der Waals surface area contributed by atoms with Gasteiger partial charge in [0.15, 0.2) is 0 Å². The van der Waals surface area contributed by atoms with E-state index in [9.17, 15) is 9.59 Å². The Hall–Kier alpha value is -2.64. The van der Waals surface area contributed by atoms with Gasteiger partial charge in [-0.1, -0.05) is 6.07 Å². The van der Waals surface area contributed by atoms with E-state index in [1.807, 2.05) is 41.8 Å². The third-order valence-electron chi connectivity index (χ3n) is 4.93. The van der Waals surface area contributed by atoms with Gasteiger partial charge in [-0.25, -0.2) is 0 Å². The number of nitrogens with zero attached hydrogens (tertiary/aromatic N) is 1. The molecule has 1 N–H and O–H groups in total. The van der Waals surface area contributed by atoms with Crippen LogP contribution in [0.5, 0.6) is 5.75 Å². The Balaban J connectivity index is 1.65. The van der Waals surface area contributed by atoms with Crippen molar-refractivity contribution >= 4 is 28.1 Å². The summed E-state index contributed by atoms with van der Waals surface area (Å²) in [6.45, 7) is 1.31. The number of hydrogen-bond acceptors (Lipinski definition) is 5. The smallest absolute Gasteiger partial charge is 0.253 e. The molecule has 1 aliphatic heterocycles. The first-order chi connectivity index (χ1) is 13.6. The maximum absolute atomic E-state index is 13.0. The quantitative estimate of drug-likeness (QED) is 0.692. The van der Waals surface area contributed by atoms with Crippen LogP contribution in [0.15, 0.2) is 46.6 Å². The average molecular weight is 398 g/mol. The number of aromatic nitrogens is 1. The third kappa shape index (κ3) is 3.95. The minimum atomic E-state index is -0.417. The number of nitrogens with one attached hydrogen (secondary N) is 1. The summed E-state index contributed by atoms with van der Waals surface area (Å²) >= 11 is 1.60. The second-order valence-corrected chi connectivity index (χ2v) is 7.88. The van der Waals surface area contributed by atoms with Crippen LogP contribution >= 0.6 is 11.3 Å². The van der Waals surface area contributed by atoms with Gasteiger partial charge in [0, 0.05) is 28.0 Å². The number of H-pyrrole nitrogens is 1. The van der Waals surface area contributed by atoms with E-state index < -0.39 is 6.10 Å². The normalized spacial score (nSPS) is 16.4. The topological polar surface area (TPSA) is 71.6 Å². The number of hydrogen-bond donors (Lipinski definition) is 1. The van der Waals surface area contributed by atoms with Gasteiger partial charge in [-0.3, -0.25) is 9.59 Å². The van der Waals surface area contributed by atoms with Crippen molar-refractivity contribution in [2.45, 2.75) is 32.0 Å². The van der Waals surface area contributed by atoms with Gasteiger partial charge in [0.2, 0.25) is 0 Å². The number of pyridine rings is 1. The maximum atomic E-state index is 13.0. The number of methoxy groups -OCH3 is 1. The lowest BCUT2D eigenvalue weighted by Gasteiger charge is -2.25. The van der Waals surface area contributed by atoms with E-state index in [0.29, 0.717) is 18.7 Å². The molecule has 0 radical (unpaired) electrons. The van der Waals surface area contributed by atoms with Crippen molar-refractivity contribution in [1.82, 2.24) is 9.88 Å². The van der Waals surface area contributed by atoms with Crippen molar-refractivity contribution in [3.05, 3.63) is 62.6 Å². The van der Waals surface area contributed by atoms with Crippen LogP contribution < -0.4 is 10.3 Å². The Morgan fingerprint density at radius 1 is 1.32 bits per heavy atom. The summed E-state index contributed by atoms with van der Waals surface area (Å²) in [5.41, 5.74) is 1.10. The van der Waals surface area contributed by atoms with Crippen LogP contribution in [0.2, 0.25) is 0 Å². The first-order valence-corrected chi connectivity index (χ1v) is 10.1. The highest BCUT2D eigenvalue weighted by atomic mass is 32.1. The monoisotopic (exact) mass is 398 g/mol. The van der Waals surface area contributed by atoms with Gasteiger partial charge in [0.25, 0.3) is 11.5 Å². The summed E-state index contributed by atoms with van der Waals surface area (Å²) in [5.74, 6) is 0.660. The number of carbonyl (C=O) groups is 1. The van der Waals surface area contributed by atoms with E-state index in [1.165, 1.54) is 0 Å². The number of carbonyl (C=O) groups excluding carboxylic acids is 1. The molecule has 1 aliphatic rings. The molecule has 1 amide bonds. The minimum Gasteiger partial charge on any atom is -0.497 e. The molecule has 28 heavy (non-hydrogen) atoms. The highest BCUT2D eigenvalue weighted by molar-refractivity contribution is 7.09. The molecule has 0 spiro atoms. The highest BCUT2D eigenvalue weighted by Gasteiger charge is 2.29. The number of benzene rings is 1. The van der Waals surface area contributed by atoms with Gasteiger partial charge in [0.05, 0.1) is 20.2 Å². The second kappa shape index (κ2) is 8.16. The van der Waals surface area contributed by atoms with E-state index >= 15 is 0 Å². The van der Waals surface area contributed by atoms with Crippen LogP contribution in [0.4, 0.5) is 0 Å². The van der Waals surface area contributed by atoms with Crippen LogP contribution in [-0.4, -0.2) is 35.6 Å². The third-order valence-corrected chi connectivity index (χ3v) is 5.79. The molecule has 7 heteroatoms. The lowest BCUT2D eigenvalue weighted by atomic mass is 10.1. The number of aromatic amines is 1. The molecule has 2 aromatic heterocycles. The Labute approximate surface area is 166 Å². The Bertz CT molecular complexity index is 1020. The zero-order chi connectivity index (χ0) is 19.5. The number of ether oxygens (including phenoxy) is 2. The number of amides is 1. The van der Waals surface area contributed by atoms with Crippen molar-refractivity contribution in [2.24, 2.45) is 0 Å². The fraction of sp³-hybridized carbons (Fsp3) is 0.333. The molecule has 0 aliphatic carbocycles. The van der Waals surface area contributed by atoms with Crippen molar-refractivity contribution in [3.8, 4) is 5.75 Å². The highest BCUT2D eigenvalue weighted by Crippen LogP contribution is 2.22. The minimum absolute atomic E-state index is 0.0592. The van der Waals surface area contributed by atoms with Crippen LogP contribution in [0, 0.1) is 0 Å². The number of fused-ring (bicyclic) bond motifs is 1. The van der Waals surface area contributed by atoms with Crippen LogP contribution in [0.25, 0.3) is 10.9 Å². The molecule has 6 nitrogen and oxygen atoms in total. The molecule has 0 unspecified atom stereocenters. The van der Waals surface area contributed by atoms with E-state index in [0.717, 1.165) is 34.4 Å². The first-order valence-electron chi connectivity index (χ1n) is 9.27. The van der Waals surface area contributed by atoms with Gasteiger partial charge in [-0.05, 0) is 48.6 Å². The molecule has 1 saturated heterocycles. The molecule has 1 aromatic carbocycles. The molecule has 0 saturated carbocycles. The summed E-state index contributed by atoms with van der Waals surface area (Å²) in [4.78, 5) is 31.3. The van der Waals surface area contributed by atoms with Gasteiger partial charge >= 0.3 is 0 Å². The van der Waals surface area contributed by atoms with Crippen molar-refractivity contribution in [2.75, 3.05) is 13.7 Å². The molecule has 1 fully saturated rings. The predicted octanol–water partition coefficient (Wildman–Crippen LogP) is 3.31. The Morgan fingerprint density at radius 2 is 2.21 bits per heavy atom. The van der Waals surface area contributed by atoms with Gasteiger partial charge in [-0.15, -0.1) is 11.3 Å². The fourth-order valence-electron chi connectivity index (χ4n) is 3.46. The standard InChI is InChI=1S/C21H22N2O4S/c1-26-16-6-7-18-14(11-16)10-15(20(24)22-18)12-23(13-17-4-3-9-28-17)21(25)19-5-2-8-27-19/h3-4,6-7,9-11,19H,2,5,8,12-13H2,1H3,(H,22,24)/t19-/m0/s1. The van der Waals surface area contributed by atoms with Crippen molar-refractivity contribution < 1.29 is 14.3 Å². The van der Waals surface area contributed by atoms with Crippen LogP contribution in [0.3, 0.4) is 0 Å². The molecule has 146 valence electrons. The van der Waals surface area contributed by atoms with Crippen molar-refractivity contribution in [1.29, 1.82) is 0 Å². The van der Waals surface area contributed by atoms with Gasteiger partial charge < -0.3 is 19.4 Å². The molecule has 1 atom stereocenters. The number of rotatable bonds is 6. The van der Waals surface area contributed by atoms with Crippen LogP contribution in [0.1, 0.15) is 23.3 Å². The van der Waals surface area contributed by atoms with E-state index in [-0.39, 0.29) is 18.0 Å². The molecule has 3 aromatic rings. The Kier molecular flexibility index (Phi) is 5.45. The predicted molar refractivity (Wildman–Crippen MR) is 109 cm³/mol. The van der Waals surface area contributed by atoms with Gasteiger partial charge in [-0.2, -0.15) is 0 Å². The summed E-state index contributed by atoms with van der Waals surface area (Å²) in [7, 11) is 1.61. The summed E-state index contributed by atoms with van der Waals surface area (Å²) in [6.07, 6.45) is 1.20. The number of thiophene rings is 1. The van der Waals surface area contributed by atoms with E-state index in [2.05, 4.69) is 4.98 Å². The maximum Gasteiger partial charge on any atom is 0.253 e. The first kappa shape index (κ1) is 18.7. The SMILES string of the molecule is COc1ccc2[nH]c(=O)c(CN(Cc3cccs3)C(=O)[C@@H]3CCCO3)cc2c1. The lowest BCUT2D eigenvalue weighted by molar-refractivity contribution is -0.142. The average Bonchev–Trinajstić information content (AvgIpc) is 3.41. The van der Waals surface area contributed by atoms with E-state index in [4.69, 9.17) is 9.47 Å². The Morgan fingerprint density at radius 3 is 2.93 bits per heavy atom. The molecule has 4 rings (SSSR count). The lowest BCUT2D eigenvalue weighted by Crippen LogP contribution is -2.39. The van der Waals surface area contributed by atoms with Crippen molar-refractivity contribution in [3.63, 3.8) is 0 Å². The fourth-order valence-corrected chi connectivity index (χ4v) is 4.18. The molecular weight excluding hydrogens is 376 g/mol.